The molecule has 0 bridgehead atoms. The van der Waals surface area contributed by atoms with E-state index in [9.17, 15) is 0 Å². The van der Waals surface area contributed by atoms with Crippen LogP contribution < -0.4 is 0 Å². The number of halogens is 5. The van der Waals surface area contributed by atoms with E-state index in [1.807, 2.05) is 18.2 Å². The first-order chi connectivity index (χ1) is 7.91. The first-order valence-corrected chi connectivity index (χ1v) is 6.26. The number of pyridine rings is 1. The molecule has 0 unspecified atom stereocenters. The van der Waals surface area contributed by atoms with E-state index in [1.54, 1.807) is 12.4 Å². The predicted octanol–water partition coefficient (Wildman–Crippen LogP) is 5.23. The molecule has 0 atom stereocenters. The number of alkyl halides is 3. The van der Waals surface area contributed by atoms with Crippen LogP contribution in [-0.4, -0.2) is 9.97 Å². The third kappa shape index (κ3) is 5.36. The van der Waals surface area contributed by atoms with Crippen molar-refractivity contribution in [3.8, 4) is 0 Å². The number of aromatic amines is 1. The van der Waals surface area contributed by atoms with Crippen molar-refractivity contribution >= 4 is 58.0 Å². The van der Waals surface area contributed by atoms with Gasteiger partial charge >= 0.3 is 0 Å². The number of nitrogens with one attached hydrogen (secondary N) is 1. The summed E-state index contributed by atoms with van der Waals surface area (Å²) < 4.78 is -1.50. The normalized spacial score (nSPS) is 10.6. The minimum Gasteiger partial charge on any atom is -0.345 e. The fourth-order valence-corrected chi connectivity index (χ4v) is 1.49. The molecule has 0 amide bonds. The molecule has 92 valence electrons. The van der Waals surface area contributed by atoms with Gasteiger partial charge in [0.2, 0.25) is 3.79 Å². The fraction of sp³-hybridized carbons (Fsp3) is 0.100. The Bertz CT molecular complexity index is 403. The lowest BCUT2D eigenvalue weighted by molar-refractivity contribution is 1.13. The van der Waals surface area contributed by atoms with Gasteiger partial charge in [0.1, 0.15) is 5.15 Å². The summed E-state index contributed by atoms with van der Waals surface area (Å²) in [5.41, 5.74) is 0.359. The van der Waals surface area contributed by atoms with Crippen molar-refractivity contribution in [2.45, 2.75) is 3.79 Å². The highest BCUT2D eigenvalue weighted by atomic mass is 35.6. The summed E-state index contributed by atoms with van der Waals surface area (Å²) in [5, 5.41) is 0.612. The number of nitrogens with zero attached hydrogens (tertiary/aromatic N) is 1. The molecule has 2 aromatic heterocycles. The number of rotatable bonds is 0. The molecular weight excluding hydrogens is 325 g/mol. The molecule has 0 aromatic carbocycles. The maximum Gasteiger partial charge on any atom is 0.230 e. The van der Waals surface area contributed by atoms with Gasteiger partial charge in [0.25, 0.3) is 0 Å². The minimum atomic E-state index is -1.50. The first-order valence-electron chi connectivity index (χ1n) is 4.37. The zero-order chi connectivity index (χ0) is 12.9. The van der Waals surface area contributed by atoms with Gasteiger partial charge in [-0.25, -0.2) is 0 Å². The Morgan fingerprint density at radius 1 is 1.00 bits per heavy atom. The summed E-state index contributed by atoms with van der Waals surface area (Å²) >= 11 is 27.7. The summed E-state index contributed by atoms with van der Waals surface area (Å²) in [6, 6.07) is 7.18. The van der Waals surface area contributed by atoms with Crippen LogP contribution in [0.25, 0.3) is 0 Å². The topological polar surface area (TPSA) is 28.7 Å². The van der Waals surface area contributed by atoms with E-state index in [1.165, 1.54) is 6.07 Å². The van der Waals surface area contributed by atoms with Gasteiger partial charge in [0.15, 0.2) is 0 Å². The maximum atomic E-state index is 5.60. The molecule has 0 aliphatic carbocycles. The molecule has 0 fully saturated rings. The number of aromatic nitrogens is 2. The van der Waals surface area contributed by atoms with Crippen LogP contribution in [0.2, 0.25) is 10.2 Å². The standard InChI is InChI=1S/C5H2Cl5N.C5H5N/c6-2-1-3(5(8,9)10)11-4(2)7;1-2-4-6-5-3-1/h1,11H;1-5H. The Hall–Kier alpha value is -0.120. The molecule has 7 heteroatoms. The van der Waals surface area contributed by atoms with Crippen molar-refractivity contribution in [1.29, 1.82) is 0 Å². The Balaban J connectivity index is 0.000000202. The second kappa shape index (κ2) is 6.72. The van der Waals surface area contributed by atoms with Crippen molar-refractivity contribution in [2.24, 2.45) is 0 Å². The first kappa shape index (κ1) is 14.9. The molecule has 2 nitrogen and oxygen atoms in total. The van der Waals surface area contributed by atoms with Gasteiger partial charge in [-0.1, -0.05) is 64.1 Å². The lowest BCUT2D eigenvalue weighted by atomic mass is 10.5. The van der Waals surface area contributed by atoms with Gasteiger partial charge in [-0.05, 0) is 18.2 Å². The molecule has 2 heterocycles. The Kier molecular flexibility index (Phi) is 5.90. The highest BCUT2D eigenvalue weighted by molar-refractivity contribution is 6.66. The minimum absolute atomic E-state index is 0.271. The number of hydrogen-bond acceptors (Lipinski definition) is 1. The van der Waals surface area contributed by atoms with E-state index in [4.69, 9.17) is 58.0 Å². The zero-order valence-corrected chi connectivity index (χ0v) is 12.1. The van der Waals surface area contributed by atoms with Crippen molar-refractivity contribution in [3.05, 3.63) is 52.5 Å². The van der Waals surface area contributed by atoms with Gasteiger partial charge < -0.3 is 4.98 Å². The summed E-state index contributed by atoms with van der Waals surface area (Å²) in [4.78, 5) is 6.41. The van der Waals surface area contributed by atoms with Crippen LogP contribution in [0.15, 0.2) is 36.7 Å². The molecule has 0 spiro atoms. The lowest BCUT2D eigenvalue weighted by Gasteiger charge is -2.06. The van der Waals surface area contributed by atoms with E-state index < -0.39 is 3.79 Å². The quantitative estimate of drug-likeness (QED) is 0.658. The van der Waals surface area contributed by atoms with E-state index in [0.29, 0.717) is 10.7 Å². The monoisotopic (exact) mass is 330 g/mol. The number of hydrogen-bond donors (Lipinski definition) is 1. The van der Waals surface area contributed by atoms with Gasteiger partial charge in [-0.2, -0.15) is 0 Å². The average Bonchev–Trinajstić information content (AvgIpc) is 2.62. The Labute approximate surface area is 124 Å². The SMILES string of the molecule is Clc1cc(C(Cl)(Cl)Cl)[nH]c1Cl.c1ccncc1. The second-order valence-corrected chi connectivity index (χ2v) is 5.93. The van der Waals surface area contributed by atoms with Crippen molar-refractivity contribution < 1.29 is 0 Å². The van der Waals surface area contributed by atoms with Crippen LogP contribution in [0.1, 0.15) is 5.69 Å². The van der Waals surface area contributed by atoms with E-state index in [-0.39, 0.29) is 5.15 Å². The van der Waals surface area contributed by atoms with Gasteiger partial charge in [0, 0.05) is 12.4 Å². The molecule has 2 aromatic rings. The molecule has 0 saturated carbocycles. The van der Waals surface area contributed by atoms with E-state index in [0.717, 1.165) is 0 Å². The van der Waals surface area contributed by atoms with Crippen LogP contribution in [0.5, 0.6) is 0 Å². The van der Waals surface area contributed by atoms with Gasteiger partial charge in [-0.15, -0.1) is 0 Å². The summed E-state index contributed by atoms with van der Waals surface area (Å²) in [5.74, 6) is 0. The van der Waals surface area contributed by atoms with Crippen LogP contribution in [0.4, 0.5) is 0 Å². The van der Waals surface area contributed by atoms with Crippen molar-refractivity contribution in [2.75, 3.05) is 0 Å². The van der Waals surface area contributed by atoms with Crippen LogP contribution in [0.3, 0.4) is 0 Å². The van der Waals surface area contributed by atoms with Gasteiger partial charge in [-0.3, -0.25) is 4.98 Å². The third-order valence-electron chi connectivity index (χ3n) is 1.60. The molecule has 2 rings (SSSR count). The van der Waals surface area contributed by atoms with E-state index in [2.05, 4.69) is 9.97 Å². The highest BCUT2D eigenvalue weighted by Crippen LogP contribution is 2.40. The molecule has 17 heavy (non-hydrogen) atoms. The van der Waals surface area contributed by atoms with Crippen molar-refractivity contribution in [1.82, 2.24) is 9.97 Å². The molecular formula is C10H7Cl5N2. The Morgan fingerprint density at radius 2 is 1.59 bits per heavy atom. The molecule has 0 aliphatic heterocycles. The summed E-state index contributed by atoms with van der Waals surface area (Å²) in [6.07, 6.45) is 3.50. The summed E-state index contributed by atoms with van der Waals surface area (Å²) in [7, 11) is 0. The molecule has 0 radical (unpaired) electrons. The highest BCUT2D eigenvalue weighted by Gasteiger charge is 2.25. The largest absolute Gasteiger partial charge is 0.345 e. The molecule has 0 saturated heterocycles. The molecule has 0 aliphatic rings. The molecule has 1 N–H and O–H groups in total. The van der Waals surface area contributed by atoms with Gasteiger partial charge in [0.05, 0.1) is 10.7 Å². The Morgan fingerprint density at radius 3 is 1.76 bits per heavy atom. The summed E-state index contributed by atoms with van der Waals surface area (Å²) in [6.45, 7) is 0. The van der Waals surface area contributed by atoms with Crippen LogP contribution >= 0.6 is 58.0 Å². The predicted molar refractivity (Wildman–Crippen MR) is 74.3 cm³/mol. The third-order valence-corrected chi connectivity index (χ3v) is 2.90. The zero-order valence-electron chi connectivity index (χ0n) is 8.30. The maximum absolute atomic E-state index is 5.60. The smallest absolute Gasteiger partial charge is 0.230 e. The number of H-pyrrole nitrogens is 1. The fourth-order valence-electron chi connectivity index (χ4n) is 0.869. The van der Waals surface area contributed by atoms with E-state index >= 15 is 0 Å². The lowest BCUT2D eigenvalue weighted by Crippen LogP contribution is -1.99. The van der Waals surface area contributed by atoms with Crippen molar-refractivity contribution in [3.63, 3.8) is 0 Å². The second-order valence-electron chi connectivity index (χ2n) is 2.87. The van der Waals surface area contributed by atoms with Crippen LogP contribution in [0, 0.1) is 0 Å². The van der Waals surface area contributed by atoms with Crippen LogP contribution in [-0.2, 0) is 3.79 Å². The average molecular weight is 332 g/mol.